The van der Waals surface area contributed by atoms with Crippen LogP contribution < -0.4 is 11.2 Å². The predicted octanol–water partition coefficient (Wildman–Crippen LogP) is 4.75. The van der Waals surface area contributed by atoms with Gasteiger partial charge in [-0.15, -0.1) is 0 Å². The molecule has 0 radical (unpaired) electrons. The van der Waals surface area contributed by atoms with Gasteiger partial charge >= 0.3 is 5.63 Å². The topological polar surface area (TPSA) is 72.4 Å². The van der Waals surface area contributed by atoms with E-state index in [9.17, 15) is 14.7 Å². The SMILES string of the molecule is CCn1c(=O)c2c(O)c(Sc3ccccc3Br)c(=O)oc2c2ccccc21. The van der Waals surface area contributed by atoms with Gasteiger partial charge in [0.15, 0.2) is 11.3 Å². The second kappa shape index (κ2) is 6.90. The fourth-order valence-electron chi connectivity index (χ4n) is 3.08. The number of nitrogens with zero attached hydrogens (tertiary/aromatic N) is 1. The second-order valence-corrected chi connectivity index (χ2v) is 7.78. The number of halogens is 1. The summed E-state index contributed by atoms with van der Waals surface area (Å²) in [6, 6.07) is 14.5. The third-order valence-corrected chi connectivity index (χ3v) is 6.42. The van der Waals surface area contributed by atoms with Crippen molar-refractivity contribution in [2.45, 2.75) is 23.3 Å². The monoisotopic (exact) mass is 443 g/mol. The van der Waals surface area contributed by atoms with E-state index in [0.29, 0.717) is 17.4 Å². The lowest BCUT2D eigenvalue weighted by molar-refractivity contribution is 0.446. The number of aryl methyl sites for hydroxylation is 1. The van der Waals surface area contributed by atoms with Crippen molar-refractivity contribution in [3.05, 3.63) is 73.8 Å². The Balaban J connectivity index is 2.09. The predicted molar refractivity (Wildman–Crippen MR) is 110 cm³/mol. The van der Waals surface area contributed by atoms with Gasteiger partial charge < -0.3 is 14.1 Å². The van der Waals surface area contributed by atoms with Gasteiger partial charge in [0, 0.05) is 21.3 Å². The standard InChI is InChI=1S/C20H14BrNO4S/c1-2-22-13-9-5-3-7-11(13)17-15(19(22)24)16(23)18(20(25)26-17)27-14-10-6-4-8-12(14)21/h3-10,23H,2H2,1H3. The second-order valence-electron chi connectivity index (χ2n) is 5.87. The number of fused-ring (bicyclic) bond motifs is 3. The van der Waals surface area contributed by atoms with Crippen LogP contribution in [0.15, 0.2) is 76.8 Å². The van der Waals surface area contributed by atoms with Crippen LogP contribution in [0, 0.1) is 0 Å². The molecule has 7 heteroatoms. The van der Waals surface area contributed by atoms with Gasteiger partial charge in [0.2, 0.25) is 0 Å². The first-order chi connectivity index (χ1) is 13.0. The van der Waals surface area contributed by atoms with Crippen LogP contribution in [0.2, 0.25) is 0 Å². The summed E-state index contributed by atoms with van der Waals surface area (Å²) in [6.45, 7) is 2.28. The molecular formula is C20H14BrNO4S. The van der Waals surface area contributed by atoms with E-state index in [1.54, 1.807) is 22.8 Å². The first-order valence-corrected chi connectivity index (χ1v) is 9.87. The van der Waals surface area contributed by atoms with Gasteiger partial charge in [-0.1, -0.05) is 36.0 Å². The molecule has 0 unspecified atom stereocenters. The summed E-state index contributed by atoms with van der Waals surface area (Å²) >= 11 is 4.48. The maximum Gasteiger partial charge on any atom is 0.354 e. The summed E-state index contributed by atoms with van der Waals surface area (Å²) in [4.78, 5) is 26.3. The van der Waals surface area contributed by atoms with Gasteiger partial charge in [-0.3, -0.25) is 4.79 Å². The first-order valence-electron chi connectivity index (χ1n) is 8.26. The molecule has 0 aliphatic carbocycles. The fraction of sp³-hybridized carbons (Fsp3) is 0.100. The molecule has 4 rings (SSSR count). The number of para-hydroxylation sites is 1. The van der Waals surface area contributed by atoms with Crippen molar-refractivity contribution in [1.29, 1.82) is 0 Å². The van der Waals surface area contributed by atoms with E-state index in [2.05, 4.69) is 15.9 Å². The van der Waals surface area contributed by atoms with Crippen LogP contribution in [0.25, 0.3) is 21.9 Å². The summed E-state index contributed by atoms with van der Waals surface area (Å²) in [5.74, 6) is -0.347. The van der Waals surface area contributed by atoms with Gasteiger partial charge in [-0.05, 0) is 47.1 Å². The molecule has 0 saturated carbocycles. The van der Waals surface area contributed by atoms with Crippen LogP contribution in [0.5, 0.6) is 5.75 Å². The Kier molecular flexibility index (Phi) is 4.57. The van der Waals surface area contributed by atoms with Crippen LogP contribution in [-0.4, -0.2) is 9.67 Å². The fourth-order valence-corrected chi connectivity index (χ4v) is 4.47. The summed E-state index contributed by atoms with van der Waals surface area (Å²) in [5, 5.41) is 11.5. The lowest BCUT2D eigenvalue weighted by Gasteiger charge is -2.12. The molecule has 0 aliphatic heterocycles. The van der Waals surface area contributed by atoms with Gasteiger partial charge in [-0.2, -0.15) is 0 Å². The molecular weight excluding hydrogens is 430 g/mol. The maximum absolute atomic E-state index is 13.0. The van der Waals surface area contributed by atoms with Crippen LogP contribution in [0.1, 0.15) is 6.92 Å². The molecule has 2 heterocycles. The zero-order chi connectivity index (χ0) is 19.1. The van der Waals surface area contributed by atoms with Crippen LogP contribution in [-0.2, 0) is 6.54 Å². The summed E-state index contributed by atoms with van der Waals surface area (Å²) in [6.07, 6.45) is 0. The van der Waals surface area contributed by atoms with E-state index in [4.69, 9.17) is 4.42 Å². The van der Waals surface area contributed by atoms with Crippen molar-refractivity contribution < 1.29 is 9.52 Å². The number of hydrogen-bond donors (Lipinski definition) is 1. The zero-order valence-electron chi connectivity index (χ0n) is 14.2. The van der Waals surface area contributed by atoms with Crippen LogP contribution >= 0.6 is 27.7 Å². The van der Waals surface area contributed by atoms with Crippen molar-refractivity contribution in [3.8, 4) is 5.75 Å². The quantitative estimate of drug-likeness (QED) is 0.462. The average molecular weight is 444 g/mol. The molecule has 0 fully saturated rings. The van der Waals surface area contributed by atoms with Gasteiger partial charge in [0.05, 0.1) is 5.52 Å². The molecule has 4 aromatic rings. The van der Waals surface area contributed by atoms with Crippen LogP contribution in [0.3, 0.4) is 0 Å². The van der Waals surface area contributed by atoms with E-state index in [0.717, 1.165) is 21.1 Å². The number of hydrogen-bond acceptors (Lipinski definition) is 5. The Morgan fingerprint density at radius 2 is 1.81 bits per heavy atom. The Labute approximate surface area is 166 Å². The Morgan fingerprint density at radius 1 is 1.11 bits per heavy atom. The minimum Gasteiger partial charge on any atom is -0.505 e. The summed E-state index contributed by atoms with van der Waals surface area (Å²) in [5.41, 5.74) is -0.300. The molecule has 0 bridgehead atoms. The molecule has 2 aromatic heterocycles. The largest absolute Gasteiger partial charge is 0.505 e. The third kappa shape index (κ3) is 2.87. The van der Waals surface area contributed by atoms with Crippen LogP contribution in [0.4, 0.5) is 0 Å². The minimum atomic E-state index is -0.681. The lowest BCUT2D eigenvalue weighted by Crippen LogP contribution is -2.21. The van der Waals surface area contributed by atoms with Gasteiger partial charge in [0.25, 0.3) is 5.56 Å². The molecule has 5 nitrogen and oxygen atoms in total. The molecule has 27 heavy (non-hydrogen) atoms. The third-order valence-electron chi connectivity index (χ3n) is 4.32. The van der Waals surface area contributed by atoms with E-state index in [1.165, 1.54) is 0 Å². The number of aromatic hydroxyl groups is 1. The molecule has 0 saturated heterocycles. The zero-order valence-corrected chi connectivity index (χ0v) is 16.6. The van der Waals surface area contributed by atoms with E-state index < -0.39 is 5.63 Å². The first kappa shape index (κ1) is 17.9. The van der Waals surface area contributed by atoms with Gasteiger partial charge in [0.1, 0.15) is 10.3 Å². The highest BCUT2D eigenvalue weighted by molar-refractivity contribution is 9.10. The molecule has 0 atom stereocenters. The highest BCUT2D eigenvalue weighted by atomic mass is 79.9. The Morgan fingerprint density at radius 3 is 2.56 bits per heavy atom. The molecule has 0 amide bonds. The Hall–Kier alpha value is -2.51. The molecule has 0 spiro atoms. The number of rotatable bonds is 3. The van der Waals surface area contributed by atoms with E-state index in [-0.39, 0.29) is 27.2 Å². The smallest absolute Gasteiger partial charge is 0.354 e. The van der Waals surface area contributed by atoms with Crippen molar-refractivity contribution in [1.82, 2.24) is 4.57 Å². The molecule has 2 aromatic carbocycles. The normalized spacial score (nSPS) is 11.3. The van der Waals surface area contributed by atoms with Crippen molar-refractivity contribution in [2.24, 2.45) is 0 Å². The van der Waals surface area contributed by atoms with E-state index in [1.807, 2.05) is 37.3 Å². The van der Waals surface area contributed by atoms with E-state index >= 15 is 0 Å². The van der Waals surface area contributed by atoms with Crippen molar-refractivity contribution in [2.75, 3.05) is 0 Å². The highest BCUT2D eigenvalue weighted by Crippen LogP contribution is 2.39. The molecule has 136 valence electrons. The molecule has 0 aliphatic rings. The highest BCUT2D eigenvalue weighted by Gasteiger charge is 2.22. The Bertz CT molecular complexity index is 1310. The minimum absolute atomic E-state index is 0.00978. The van der Waals surface area contributed by atoms with Gasteiger partial charge in [-0.25, -0.2) is 4.79 Å². The molecule has 1 N–H and O–H groups in total. The van der Waals surface area contributed by atoms with Crippen molar-refractivity contribution >= 4 is 49.6 Å². The number of benzene rings is 2. The van der Waals surface area contributed by atoms with Crippen molar-refractivity contribution in [3.63, 3.8) is 0 Å². The average Bonchev–Trinajstić information content (AvgIpc) is 2.66. The summed E-state index contributed by atoms with van der Waals surface area (Å²) < 4.78 is 7.85. The number of aromatic nitrogens is 1. The lowest BCUT2D eigenvalue weighted by atomic mass is 10.1. The maximum atomic E-state index is 13.0. The number of pyridine rings is 1. The summed E-state index contributed by atoms with van der Waals surface area (Å²) in [7, 11) is 0.